The fourth-order valence-electron chi connectivity index (χ4n) is 3.99. The van der Waals surface area contributed by atoms with Crippen molar-refractivity contribution in [1.82, 2.24) is 9.91 Å². The first-order valence-corrected chi connectivity index (χ1v) is 7.15. The quantitative estimate of drug-likeness (QED) is 0.778. The summed E-state index contributed by atoms with van der Waals surface area (Å²) in [5.74, 6) is 0.712. The average Bonchev–Trinajstić information content (AvgIpc) is 2.79. The Labute approximate surface area is 113 Å². The van der Waals surface area contributed by atoms with Crippen molar-refractivity contribution in [2.24, 2.45) is 11.0 Å². The first-order chi connectivity index (χ1) is 9.24. The molecular weight excluding hydrogens is 236 g/mol. The van der Waals surface area contributed by atoms with Gasteiger partial charge in [-0.2, -0.15) is 5.10 Å². The Morgan fingerprint density at radius 1 is 1.21 bits per heavy atom. The van der Waals surface area contributed by atoms with E-state index in [2.05, 4.69) is 29.1 Å². The van der Waals surface area contributed by atoms with Gasteiger partial charge in [-0.25, -0.2) is 0 Å². The van der Waals surface area contributed by atoms with E-state index < -0.39 is 0 Å². The molecule has 0 amide bonds. The van der Waals surface area contributed by atoms with E-state index in [0.717, 1.165) is 5.69 Å². The molecule has 0 spiro atoms. The zero-order chi connectivity index (χ0) is 13.0. The molecule has 4 nitrogen and oxygen atoms in total. The number of benzene rings is 1. The molecule has 3 saturated heterocycles. The van der Waals surface area contributed by atoms with Crippen LogP contribution in [0.1, 0.15) is 24.4 Å². The van der Waals surface area contributed by atoms with E-state index in [0.29, 0.717) is 18.0 Å². The smallest absolute Gasteiger partial charge is 0.0927 e. The fraction of sp³-hybridized carbons (Fsp3) is 0.533. The van der Waals surface area contributed by atoms with Crippen molar-refractivity contribution in [3.63, 3.8) is 0 Å². The van der Waals surface area contributed by atoms with Crippen LogP contribution in [0.2, 0.25) is 0 Å². The summed E-state index contributed by atoms with van der Waals surface area (Å²) in [6.07, 6.45) is 2.57. The molecule has 2 bridgehead atoms. The van der Waals surface area contributed by atoms with Crippen LogP contribution in [-0.4, -0.2) is 41.8 Å². The molecule has 4 aliphatic heterocycles. The Morgan fingerprint density at radius 3 is 2.74 bits per heavy atom. The minimum Gasteiger partial charge on any atom is -0.399 e. The van der Waals surface area contributed by atoms with Gasteiger partial charge >= 0.3 is 0 Å². The van der Waals surface area contributed by atoms with Crippen molar-refractivity contribution in [1.29, 1.82) is 0 Å². The highest BCUT2D eigenvalue weighted by atomic mass is 15.5. The Balaban J connectivity index is 1.74. The number of nitrogen functional groups attached to an aromatic ring is 1. The molecule has 0 aromatic heterocycles. The maximum absolute atomic E-state index is 5.95. The first-order valence-electron chi connectivity index (χ1n) is 7.15. The number of piperidine rings is 3. The largest absolute Gasteiger partial charge is 0.399 e. The monoisotopic (exact) mass is 256 g/mol. The number of fused-ring (bicyclic) bond motifs is 2. The van der Waals surface area contributed by atoms with Crippen LogP contribution < -0.4 is 5.73 Å². The minimum absolute atomic E-state index is 0.335. The molecule has 4 heteroatoms. The van der Waals surface area contributed by atoms with Gasteiger partial charge in [-0.3, -0.25) is 9.91 Å². The number of hydrogen-bond donors (Lipinski definition) is 1. The summed E-state index contributed by atoms with van der Waals surface area (Å²) in [5, 5.41) is 6.99. The van der Waals surface area contributed by atoms with Gasteiger partial charge in [0.05, 0.1) is 17.8 Å². The standard InChI is InChI=1S/C15H20N4/c1-18-14(11-3-2-4-12(16)9-11)15-13(17-18)10-5-7-19(15)8-6-10/h2-4,9-10,14-15H,5-8,16H2,1H3. The lowest BCUT2D eigenvalue weighted by Crippen LogP contribution is -2.56. The summed E-state index contributed by atoms with van der Waals surface area (Å²) in [5.41, 5.74) is 9.49. The highest BCUT2D eigenvalue weighted by Gasteiger charge is 2.48. The molecule has 19 heavy (non-hydrogen) atoms. The van der Waals surface area contributed by atoms with E-state index in [-0.39, 0.29) is 0 Å². The number of nitrogens with zero attached hydrogens (tertiary/aromatic N) is 3. The van der Waals surface area contributed by atoms with Gasteiger partial charge in [0.25, 0.3) is 0 Å². The molecular formula is C15H20N4. The molecule has 3 fully saturated rings. The number of likely N-dealkylation sites (N-methyl/N-ethyl adjacent to an activating group) is 1. The maximum Gasteiger partial charge on any atom is 0.0927 e. The second-order valence-corrected chi connectivity index (χ2v) is 5.97. The maximum atomic E-state index is 5.95. The van der Waals surface area contributed by atoms with E-state index in [1.54, 1.807) is 0 Å². The predicted octanol–water partition coefficient (Wildman–Crippen LogP) is 1.71. The van der Waals surface area contributed by atoms with Gasteiger partial charge in [0.1, 0.15) is 0 Å². The predicted molar refractivity (Wildman–Crippen MR) is 76.9 cm³/mol. The SMILES string of the molecule is CN1N=C2C3CCN(CC3)C2C1c1cccc(N)c1. The summed E-state index contributed by atoms with van der Waals surface area (Å²) in [6, 6.07) is 9.09. The van der Waals surface area contributed by atoms with Crippen molar-refractivity contribution in [3.05, 3.63) is 29.8 Å². The molecule has 1 aromatic carbocycles. The average molecular weight is 256 g/mol. The van der Waals surface area contributed by atoms with Crippen LogP contribution in [0.3, 0.4) is 0 Å². The molecule has 1 aromatic rings. The summed E-state index contributed by atoms with van der Waals surface area (Å²) < 4.78 is 0. The third-order valence-electron chi connectivity index (χ3n) is 4.87. The molecule has 100 valence electrons. The van der Waals surface area contributed by atoms with Crippen molar-refractivity contribution in [2.45, 2.75) is 24.9 Å². The van der Waals surface area contributed by atoms with Crippen LogP contribution in [0.5, 0.6) is 0 Å². The lowest BCUT2D eigenvalue weighted by Gasteiger charge is -2.46. The molecule has 0 aliphatic carbocycles. The molecule has 2 N–H and O–H groups in total. The van der Waals surface area contributed by atoms with Crippen LogP contribution >= 0.6 is 0 Å². The zero-order valence-corrected chi connectivity index (χ0v) is 11.3. The molecule has 5 rings (SSSR count). The molecule has 0 radical (unpaired) electrons. The van der Waals surface area contributed by atoms with Crippen molar-refractivity contribution in [3.8, 4) is 0 Å². The molecule has 2 atom stereocenters. The van der Waals surface area contributed by atoms with Crippen molar-refractivity contribution >= 4 is 11.4 Å². The van der Waals surface area contributed by atoms with Crippen molar-refractivity contribution < 1.29 is 0 Å². The molecule has 4 aliphatic rings. The summed E-state index contributed by atoms with van der Waals surface area (Å²) in [4.78, 5) is 2.61. The third kappa shape index (κ3) is 1.59. The minimum atomic E-state index is 0.335. The Hall–Kier alpha value is -1.55. The highest BCUT2D eigenvalue weighted by Crippen LogP contribution is 2.42. The topological polar surface area (TPSA) is 44.9 Å². The van der Waals surface area contributed by atoms with E-state index in [4.69, 9.17) is 10.8 Å². The number of nitrogens with two attached hydrogens (primary N) is 1. The summed E-state index contributed by atoms with van der Waals surface area (Å²) >= 11 is 0. The number of rotatable bonds is 1. The summed E-state index contributed by atoms with van der Waals surface area (Å²) in [7, 11) is 2.10. The van der Waals surface area contributed by atoms with E-state index in [9.17, 15) is 0 Å². The second-order valence-electron chi connectivity index (χ2n) is 5.97. The summed E-state index contributed by atoms with van der Waals surface area (Å²) in [6.45, 7) is 2.45. The van der Waals surface area contributed by atoms with Gasteiger partial charge in [-0.1, -0.05) is 12.1 Å². The van der Waals surface area contributed by atoms with Gasteiger partial charge in [0.15, 0.2) is 0 Å². The number of hydrogen-bond acceptors (Lipinski definition) is 4. The normalized spacial score (nSPS) is 36.3. The lowest BCUT2D eigenvalue weighted by atomic mass is 9.78. The Bertz CT molecular complexity index is 531. The first kappa shape index (κ1) is 11.3. The van der Waals surface area contributed by atoms with Gasteiger partial charge in [0.2, 0.25) is 0 Å². The van der Waals surface area contributed by atoms with Gasteiger partial charge < -0.3 is 5.73 Å². The zero-order valence-electron chi connectivity index (χ0n) is 11.3. The number of hydrazone groups is 1. The highest BCUT2D eigenvalue weighted by molar-refractivity contribution is 5.95. The van der Waals surface area contributed by atoms with Gasteiger partial charge in [0, 0.05) is 18.7 Å². The molecule has 4 heterocycles. The van der Waals surface area contributed by atoms with Crippen LogP contribution in [0.25, 0.3) is 0 Å². The van der Waals surface area contributed by atoms with Crippen LogP contribution in [-0.2, 0) is 0 Å². The Kier molecular flexibility index (Phi) is 2.36. The van der Waals surface area contributed by atoms with Gasteiger partial charge in [-0.05, 0) is 43.6 Å². The van der Waals surface area contributed by atoms with E-state index in [1.165, 1.54) is 37.2 Å². The second kappa shape index (κ2) is 3.97. The van der Waals surface area contributed by atoms with E-state index >= 15 is 0 Å². The van der Waals surface area contributed by atoms with Gasteiger partial charge in [-0.15, -0.1) is 0 Å². The van der Waals surface area contributed by atoms with Crippen molar-refractivity contribution in [2.75, 3.05) is 25.9 Å². The number of anilines is 1. The van der Waals surface area contributed by atoms with Crippen LogP contribution in [0.15, 0.2) is 29.4 Å². The lowest BCUT2D eigenvalue weighted by molar-refractivity contribution is 0.107. The van der Waals surface area contributed by atoms with Crippen LogP contribution in [0, 0.1) is 5.92 Å². The molecule has 2 unspecified atom stereocenters. The Morgan fingerprint density at radius 2 is 2.00 bits per heavy atom. The molecule has 0 saturated carbocycles. The third-order valence-corrected chi connectivity index (χ3v) is 4.87. The fourth-order valence-corrected chi connectivity index (χ4v) is 3.99. The van der Waals surface area contributed by atoms with Crippen LogP contribution in [0.4, 0.5) is 5.69 Å². The van der Waals surface area contributed by atoms with E-state index in [1.807, 2.05) is 12.1 Å².